The highest BCUT2D eigenvalue weighted by Crippen LogP contribution is 2.21. The molecule has 1 heterocycles. The van der Waals surface area contributed by atoms with Gasteiger partial charge in [-0.25, -0.2) is 0 Å². The minimum atomic E-state index is -0.125. The first kappa shape index (κ1) is 8.71. The van der Waals surface area contributed by atoms with Crippen LogP contribution in [0.2, 0.25) is 0 Å². The van der Waals surface area contributed by atoms with Crippen LogP contribution < -0.4 is 0 Å². The van der Waals surface area contributed by atoms with Crippen LogP contribution in [0.25, 0.3) is 0 Å². The first-order valence-corrected chi connectivity index (χ1v) is 4.52. The van der Waals surface area contributed by atoms with E-state index in [2.05, 4.69) is 0 Å². The fourth-order valence-electron chi connectivity index (χ4n) is 0.900. The van der Waals surface area contributed by atoms with Crippen molar-refractivity contribution >= 4 is 11.3 Å². The van der Waals surface area contributed by atoms with Crippen LogP contribution in [0.3, 0.4) is 0 Å². The molecule has 62 valence electrons. The van der Waals surface area contributed by atoms with Crippen molar-refractivity contribution in [2.75, 3.05) is 13.2 Å². The molecule has 0 saturated carbocycles. The van der Waals surface area contributed by atoms with Gasteiger partial charge in [-0.1, -0.05) is 6.07 Å². The molecule has 0 aliphatic rings. The Morgan fingerprint density at radius 2 is 2.55 bits per heavy atom. The SMILES string of the molecule is CCOC(CO)c1cccs1. The Kier molecular flexibility index (Phi) is 3.56. The maximum atomic E-state index is 8.91. The lowest BCUT2D eigenvalue weighted by Gasteiger charge is -2.11. The van der Waals surface area contributed by atoms with Gasteiger partial charge in [0.05, 0.1) is 6.61 Å². The van der Waals surface area contributed by atoms with E-state index >= 15 is 0 Å². The molecule has 0 aliphatic carbocycles. The van der Waals surface area contributed by atoms with Gasteiger partial charge in [0, 0.05) is 11.5 Å². The van der Waals surface area contributed by atoms with Crippen LogP contribution >= 0.6 is 11.3 Å². The molecular formula is C8H12O2S. The number of hydrogen-bond acceptors (Lipinski definition) is 3. The molecular weight excluding hydrogens is 160 g/mol. The van der Waals surface area contributed by atoms with Crippen molar-refractivity contribution in [3.8, 4) is 0 Å². The van der Waals surface area contributed by atoms with Gasteiger partial charge in [0.1, 0.15) is 6.10 Å². The fourth-order valence-corrected chi connectivity index (χ4v) is 1.67. The first-order chi connectivity index (χ1) is 5.38. The number of aliphatic hydroxyl groups is 1. The van der Waals surface area contributed by atoms with Crippen LogP contribution in [0.1, 0.15) is 17.9 Å². The monoisotopic (exact) mass is 172 g/mol. The van der Waals surface area contributed by atoms with Crippen LogP contribution in [-0.4, -0.2) is 18.3 Å². The molecule has 1 rings (SSSR count). The smallest absolute Gasteiger partial charge is 0.115 e. The number of ether oxygens (including phenoxy) is 1. The fraction of sp³-hybridized carbons (Fsp3) is 0.500. The normalized spacial score (nSPS) is 13.3. The van der Waals surface area contributed by atoms with Crippen molar-refractivity contribution in [1.82, 2.24) is 0 Å². The summed E-state index contributed by atoms with van der Waals surface area (Å²) in [4.78, 5) is 1.09. The third-order valence-electron chi connectivity index (χ3n) is 1.39. The van der Waals surface area contributed by atoms with Crippen molar-refractivity contribution in [2.45, 2.75) is 13.0 Å². The molecule has 0 bridgehead atoms. The summed E-state index contributed by atoms with van der Waals surface area (Å²) in [7, 11) is 0. The van der Waals surface area contributed by atoms with E-state index in [1.807, 2.05) is 24.4 Å². The summed E-state index contributed by atoms with van der Waals surface area (Å²) in [6.45, 7) is 2.63. The lowest BCUT2D eigenvalue weighted by Crippen LogP contribution is -2.06. The van der Waals surface area contributed by atoms with Crippen LogP contribution in [0.5, 0.6) is 0 Å². The van der Waals surface area contributed by atoms with Gasteiger partial charge in [-0.2, -0.15) is 0 Å². The van der Waals surface area contributed by atoms with E-state index in [9.17, 15) is 0 Å². The Morgan fingerprint density at radius 1 is 1.73 bits per heavy atom. The van der Waals surface area contributed by atoms with E-state index in [1.165, 1.54) is 0 Å². The molecule has 3 heteroatoms. The van der Waals surface area contributed by atoms with Crippen molar-refractivity contribution in [2.24, 2.45) is 0 Å². The van der Waals surface area contributed by atoms with Gasteiger partial charge < -0.3 is 9.84 Å². The zero-order chi connectivity index (χ0) is 8.10. The Morgan fingerprint density at radius 3 is 3.00 bits per heavy atom. The summed E-state index contributed by atoms with van der Waals surface area (Å²) in [5.41, 5.74) is 0. The van der Waals surface area contributed by atoms with Crippen molar-refractivity contribution in [1.29, 1.82) is 0 Å². The predicted octanol–water partition coefficient (Wildman–Crippen LogP) is 1.82. The molecule has 0 saturated heterocycles. The average Bonchev–Trinajstić information content (AvgIpc) is 2.52. The average molecular weight is 172 g/mol. The molecule has 0 aliphatic heterocycles. The molecule has 2 nitrogen and oxygen atoms in total. The zero-order valence-electron chi connectivity index (χ0n) is 6.49. The van der Waals surface area contributed by atoms with E-state index in [-0.39, 0.29) is 12.7 Å². The van der Waals surface area contributed by atoms with Crippen LogP contribution in [0.15, 0.2) is 17.5 Å². The van der Waals surface area contributed by atoms with E-state index in [4.69, 9.17) is 9.84 Å². The summed E-state index contributed by atoms with van der Waals surface area (Å²) < 4.78 is 5.30. The molecule has 1 atom stereocenters. The van der Waals surface area contributed by atoms with Crippen molar-refractivity contribution in [3.63, 3.8) is 0 Å². The van der Waals surface area contributed by atoms with E-state index in [0.29, 0.717) is 6.61 Å². The minimum absolute atomic E-state index is 0.0638. The standard InChI is InChI=1S/C8H12O2S/c1-2-10-7(6-9)8-4-3-5-11-8/h3-5,7,9H,2,6H2,1H3. The number of thiophene rings is 1. The van der Waals surface area contributed by atoms with Gasteiger partial charge in [-0.05, 0) is 18.4 Å². The lowest BCUT2D eigenvalue weighted by atomic mass is 10.3. The van der Waals surface area contributed by atoms with E-state index < -0.39 is 0 Å². The molecule has 1 unspecified atom stereocenters. The van der Waals surface area contributed by atoms with Gasteiger partial charge in [-0.15, -0.1) is 11.3 Å². The van der Waals surface area contributed by atoms with Gasteiger partial charge >= 0.3 is 0 Å². The summed E-state index contributed by atoms with van der Waals surface area (Å²) in [6.07, 6.45) is -0.125. The first-order valence-electron chi connectivity index (χ1n) is 3.64. The molecule has 0 fully saturated rings. The van der Waals surface area contributed by atoms with E-state index in [1.54, 1.807) is 11.3 Å². The van der Waals surface area contributed by atoms with Crippen LogP contribution in [-0.2, 0) is 4.74 Å². The highest BCUT2D eigenvalue weighted by atomic mass is 32.1. The second-order valence-corrected chi connectivity index (χ2v) is 3.12. The van der Waals surface area contributed by atoms with Crippen molar-refractivity contribution in [3.05, 3.63) is 22.4 Å². The zero-order valence-corrected chi connectivity index (χ0v) is 7.30. The summed E-state index contributed by atoms with van der Waals surface area (Å²) in [5.74, 6) is 0. The number of aliphatic hydroxyl groups excluding tert-OH is 1. The quantitative estimate of drug-likeness (QED) is 0.750. The Labute approximate surface area is 70.4 Å². The van der Waals surface area contributed by atoms with Crippen LogP contribution in [0.4, 0.5) is 0 Å². The molecule has 11 heavy (non-hydrogen) atoms. The second kappa shape index (κ2) is 4.49. The maximum absolute atomic E-state index is 8.91. The number of hydrogen-bond donors (Lipinski definition) is 1. The van der Waals surface area contributed by atoms with Gasteiger partial charge in [0.15, 0.2) is 0 Å². The summed E-state index contributed by atoms with van der Waals surface area (Å²) >= 11 is 1.61. The van der Waals surface area contributed by atoms with Gasteiger partial charge in [0.25, 0.3) is 0 Å². The van der Waals surface area contributed by atoms with E-state index in [0.717, 1.165) is 4.88 Å². The molecule has 1 N–H and O–H groups in total. The molecule has 1 aromatic heterocycles. The molecule has 1 aromatic rings. The Balaban J connectivity index is 2.56. The van der Waals surface area contributed by atoms with Crippen LogP contribution in [0, 0.1) is 0 Å². The molecule has 0 radical (unpaired) electrons. The van der Waals surface area contributed by atoms with Gasteiger partial charge in [-0.3, -0.25) is 0 Å². The Bertz CT molecular complexity index is 184. The molecule has 0 amide bonds. The number of rotatable bonds is 4. The summed E-state index contributed by atoms with van der Waals surface area (Å²) in [6, 6.07) is 3.93. The molecule has 0 aromatic carbocycles. The largest absolute Gasteiger partial charge is 0.393 e. The highest BCUT2D eigenvalue weighted by Gasteiger charge is 2.09. The second-order valence-electron chi connectivity index (χ2n) is 2.14. The highest BCUT2D eigenvalue weighted by molar-refractivity contribution is 7.10. The van der Waals surface area contributed by atoms with Gasteiger partial charge in [0.2, 0.25) is 0 Å². The minimum Gasteiger partial charge on any atom is -0.393 e. The third-order valence-corrected chi connectivity index (χ3v) is 2.36. The summed E-state index contributed by atoms with van der Waals surface area (Å²) in [5, 5.41) is 10.9. The third kappa shape index (κ3) is 2.29. The maximum Gasteiger partial charge on any atom is 0.115 e. The molecule has 0 spiro atoms. The Hall–Kier alpha value is -0.380. The topological polar surface area (TPSA) is 29.5 Å². The predicted molar refractivity (Wildman–Crippen MR) is 45.8 cm³/mol. The van der Waals surface area contributed by atoms with Crippen molar-refractivity contribution < 1.29 is 9.84 Å². The lowest BCUT2D eigenvalue weighted by molar-refractivity contribution is 0.0212.